The molecule has 0 fully saturated rings. The summed E-state index contributed by atoms with van der Waals surface area (Å²) in [6.07, 6.45) is 16.8. The van der Waals surface area contributed by atoms with Crippen LogP contribution in [0.25, 0.3) is 35.7 Å². The van der Waals surface area contributed by atoms with Crippen LogP contribution in [0.2, 0.25) is 0 Å². The molecule has 0 amide bonds. The van der Waals surface area contributed by atoms with Gasteiger partial charge in [0.1, 0.15) is 11.6 Å². The zero-order valence-electron chi connectivity index (χ0n) is 38.7. The average molecular weight is 959 g/mol. The maximum Gasteiger partial charge on any atom is 0.194 e. The molecule has 0 radical (unpaired) electrons. The van der Waals surface area contributed by atoms with Gasteiger partial charge in [-0.25, -0.2) is 55.6 Å². The van der Waals surface area contributed by atoms with Crippen LogP contribution in [-0.4, -0.2) is 72.1 Å². The third kappa shape index (κ3) is 8.99. The van der Waals surface area contributed by atoms with Crippen LogP contribution in [0.3, 0.4) is 0 Å². The number of benzene rings is 4. The summed E-state index contributed by atoms with van der Waals surface area (Å²) in [4.78, 5) is 17.7. The first-order valence-electron chi connectivity index (χ1n) is 22.6. The zero-order chi connectivity index (χ0) is 49.5. The first kappa shape index (κ1) is 47.6. The number of hydrogen-bond acceptors (Lipinski definition) is 8. The second kappa shape index (κ2) is 19.2. The van der Waals surface area contributed by atoms with E-state index in [0.717, 1.165) is 69.3 Å². The summed E-state index contributed by atoms with van der Waals surface area (Å²) in [7, 11) is 0. The van der Waals surface area contributed by atoms with Gasteiger partial charge in [-0.3, -0.25) is 0 Å². The molecule has 18 heteroatoms. The highest BCUT2D eigenvalue weighted by atomic mass is 19.2. The standard InChI is InChI=1S/2C26H24F3N5O/c2*1-16-10-18(4-6-22(16)33-13-17(2)30-15-33)5-7-23-31-25-26(14-35,8-3-9-34(25)32-23)19-11-20(27)24(29)21(28)12-19/h2*4-7,10-13,15,35H,3,8-9,14H2,1-2H3/b2*7-5+/t2*26-/m10/s1. The van der Waals surface area contributed by atoms with Crippen molar-refractivity contribution in [3.05, 3.63) is 189 Å². The number of aliphatic hydroxyl groups excluding tert-OH is 2. The van der Waals surface area contributed by atoms with Gasteiger partial charge in [0.15, 0.2) is 46.6 Å². The number of nitrogens with zero attached hydrogens (tertiary/aromatic N) is 10. The monoisotopic (exact) mass is 958 g/mol. The Labute approximate surface area is 399 Å². The Morgan fingerprint density at radius 3 is 1.26 bits per heavy atom. The van der Waals surface area contributed by atoms with Gasteiger partial charge in [0.25, 0.3) is 0 Å². The van der Waals surface area contributed by atoms with Gasteiger partial charge in [0, 0.05) is 36.9 Å². The molecule has 2 aliphatic rings. The van der Waals surface area contributed by atoms with E-state index >= 15 is 0 Å². The molecule has 4 aromatic heterocycles. The predicted molar refractivity (Wildman–Crippen MR) is 251 cm³/mol. The molecule has 0 aliphatic carbocycles. The van der Waals surface area contributed by atoms with Crippen LogP contribution >= 0.6 is 0 Å². The van der Waals surface area contributed by atoms with Crippen LogP contribution in [0.4, 0.5) is 26.3 Å². The molecule has 0 spiro atoms. The SMILES string of the molecule is Cc1cn(-c2ccc(/C=C/c3nc4n(n3)CCC[C@@]4(CO)c3cc(F)c(F)c(F)c3)cc2C)cn1.Cc1cn(-c2ccc(/C=C/c3nc4n(n3)CCC[C@]4(CO)c3cc(F)c(F)c(F)c3)cc2C)cn1. The van der Waals surface area contributed by atoms with Crippen LogP contribution in [0.5, 0.6) is 0 Å². The number of halogens is 6. The smallest absolute Gasteiger partial charge is 0.194 e. The van der Waals surface area contributed by atoms with E-state index in [9.17, 15) is 36.6 Å². The van der Waals surface area contributed by atoms with E-state index in [-0.39, 0.29) is 11.1 Å². The van der Waals surface area contributed by atoms with Crippen molar-refractivity contribution in [3.63, 3.8) is 0 Å². The molecular weight excluding hydrogens is 911 g/mol. The molecular formula is C52H48F6N10O2. The Morgan fingerprint density at radius 1 is 0.543 bits per heavy atom. The number of aromatic nitrogens is 10. The van der Waals surface area contributed by atoms with Gasteiger partial charge >= 0.3 is 0 Å². The molecule has 12 nitrogen and oxygen atoms in total. The van der Waals surface area contributed by atoms with Crippen LogP contribution in [0, 0.1) is 62.6 Å². The molecule has 0 bridgehead atoms. The lowest BCUT2D eigenvalue weighted by Crippen LogP contribution is -2.39. The molecule has 10 rings (SSSR count). The fourth-order valence-electron chi connectivity index (χ4n) is 9.45. The summed E-state index contributed by atoms with van der Waals surface area (Å²) < 4.78 is 90.4. The Kier molecular flexibility index (Phi) is 13.0. The van der Waals surface area contributed by atoms with Crippen molar-refractivity contribution in [1.29, 1.82) is 0 Å². The van der Waals surface area contributed by atoms with E-state index in [1.807, 2.05) is 97.8 Å². The lowest BCUT2D eigenvalue weighted by molar-refractivity contribution is 0.180. The van der Waals surface area contributed by atoms with E-state index in [1.165, 1.54) is 0 Å². The number of rotatable bonds is 10. The van der Waals surface area contributed by atoms with Gasteiger partial charge < -0.3 is 19.3 Å². The first-order chi connectivity index (χ1) is 33.6. The Balaban J connectivity index is 0.000000174. The van der Waals surface area contributed by atoms with Gasteiger partial charge in [-0.05, 0) is 147 Å². The van der Waals surface area contributed by atoms with E-state index in [4.69, 9.17) is 0 Å². The normalized spacial score (nSPS) is 17.8. The number of aliphatic hydroxyl groups is 2. The molecule has 2 N–H and O–H groups in total. The first-order valence-corrected chi connectivity index (χ1v) is 22.6. The third-order valence-corrected chi connectivity index (χ3v) is 13.1. The fourth-order valence-corrected chi connectivity index (χ4v) is 9.45. The molecule has 0 saturated heterocycles. The number of fused-ring (bicyclic) bond motifs is 2. The van der Waals surface area contributed by atoms with Crippen LogP contribution in [0.1, 0.15) is 93.7 Å². The van der Waals surface area contributed by atoms with E-state index in [0.29, 0.717) is 62.1 Å². The van der Waals surface area contributed by atoms with E-state index < -0.39 is 58.9 Å². The minimum Gasteiger partial charge on any atom is -0.395 e. The maximum atomic E-state index is 14.0. The maximum absolute atomic E-state index is 14.0. The van der Waals surface area contributed by atoms with Crippen molar-refractivity contribution < 1.29 is 36.6 Å². The van der Waals surface area contributed by atoms with Gasteiger partial charge in [-0.15, -0.1) is 0 Å². The van der Waals surface area contributed by atoms with Crippen LogP contribution in [0.15, 0.2) is 85.7 Å². The van der Waals surface area contributed by atoms with Gasteiger partial charge in [-0.2, -0.15) is 10.2 Å². The molecule has 4 aromatic carbocycles. The molecule has 8 aromatic rings. The highest BCUT2D eigenvalue weighted by Gasteiger charge is 2.43. The van der Waals surface area contributed by atoms with Crippen LogP contribution < -0.4 is 0 Å². The number of hydrogen-bond donors (Lipinski definition) is 2. The molecule has 0 saturated carbocycles. The summed E-state index contributed by atoms with van der Waals surface area (Å²) in [5.74, 6) is -6.63. The molecule has 2 atom stereocenters. The van der Waals surface area contributed by atoms with Crippen molar-refractivity contribution in [2.75, 3.05) is 13.2 Å². The average Bonchev–Trinajstić information content (AvgIpc) is 4.18. The van der Waals surface area contributed by atoms with Gasteiger partial charge in [0.2, 0.25) is 0 Å². The second-order valence-electron chi connectivity index (χ2n) is 17.8. The molecule has 0 unspecified atom stereocenters. The fraction of sp³-hybridized carbons (Fsp3) is 0.269. The van der Waals surface area contributed by atoms with Crippen LogP contribution in [-0.2, 0) is 23.9 Å². The minimum absolute atomic E-state index is 0.140. The summed E-state index contributed by atoms with van der Waals surface area (Å²) in [6, 6.07) is 15.8. The topological polar surface area (TPSA) is 138 Å². The highest BCUT2D eigenvalue weighted by Crippen LogP contribution is 2.41. The van der Waals surface area contributed by atoms with Crippen molar-refractivity contribution >= 4 is 24.3 Å². The lowest BCUT2D eigenvalue weighted by Gasteiger charge is -2.35. The van der Waals surface area contributed by atoms with Crippen molar-refractivity contribution in [2.24, 2.45) is 0 Å². The minimum atomic E-state index is -1.53. The van der Waals surface area contributed by atoms with Crippen molar-refractivity contribution in [1.82, 2.24) is 48.6 Å². The third-order valence-electron chi connectivity index (χ3n) is 13.1. The Hall–Kier alpha value is -7.44. The molecule has 6 heterocycles. The van der Waals surface area contributed by atoms with Crippen molar-refractivity contribution in [3.8, 4) is 11.4 Å². The summed E-state index contributed by atoms with van der Waals surface area (Å²) in [5, 5.41) is 29.7. The van der Waals surface area contributed by atoms with Gasteiger partial charge in [0.05, 0.1) is 48.1 Å². The summed E-state index contributed by atoms with van der Waals surface area (Å²) in [5.41, 5.74) is 5.92. The summed E-state index contributed by atoms with van der Waals surface area (Å²) in [6.45, 7) is 8.16. The number of imidazole rings is 2. The molecule has 360 valence electrons. The largest absolute Gasteiger partial charge is 0.395 e. The lowest BCUT2D eigenvalue weighted by atomic mass is 9.74. The zero-order valence-corrected chi connectivity index (χ0v) is 38.7. The van der Waals surface area contributed by atoms with E-state index in [2.05, 4.69) is 30.1 Å². The van der Waals surface area contributed by atoms with Gasteiger partial charge in [-0.1, -0.05) is 24.3 Å². The highest BCUT2D eigenvalue weighted by molar-refractivity contribution is 5.69. The Morgan fingerprint density at radius 2 is 0.929 bits per heavy atom. The van der Waals surface area contributed by atoms with Crippen molar-refractivity contribution in [2.45, 2.75) is 77.3 Å². The summed E-state index contributed by atoms with van der Waals surface area (Å²) >= 11 is 0. The predicted octanol–water partition coefficient (Wildman–Crippen LogP) is 9.48. The molecule has 70 heavy (non-hydrogen) atoms. The van der Waals surface area contributed by atoms with E-state index in [1.54, 1.807) is 34.2 Å². The Bertz CT molecular complexity index is 3050. The second-order valence-corrected chi connectivity index (χ2v) is 17.8. The quantitative estimate of drug-likeness (QED) is 0.102. The molecule has 2 aliphatic heterocycles. The number of aryl methyl sites for hydroxylation is 6.